The molecule has 19 heteroatoms. The molecule has 570 valence electrons. The van der Waals surface area contributed by atoms with Crippen LogP contribution in [0, 0.1) is 5.92 Å². The summed E-state index contributed by atoms with van der Waals surface area (Å²) in [4.78, 5) is 72.8. The second-order valence-corrected chi connectivity index (χ2v) is 31.1. The van der Waals surface area contributed by atoms with Gasteiger partial charge in [-0.25, -0.2) is 9.13 Å². The van der Waals surface area contributed by atoms with Crippen LogP contribution in [0.25, 0.3) is 0 Å². The molecule has 5 atom stereocenters. The largest absolute Gasteiger partial charge is 0.472 e. The molecule has 0 aliphatic rings. The van der Waals surface area contributed by atoms with Crippen molar-refractivity contribution in [2.24, 2.45) is 5.92 Å². The van der Waals surface area contributed by atoms with Gasteiger partial charge in [0.15, 0.2) is 12.2 Å². The lowest BCUT2D eigenvalue weighted by Gasteiger charge is -2.21. The number of hydrogen-bond donors (Lipinski definition) is 3. The van der Waals surface area contributed by atoms with E-state index < -0.39 is 97.5 Å². The van der Waals surface area contributed by atoms with E-state index in [1.165, 1.54) is 225 Å². The van der Waals surface area contributed by atoms with Gasteiger partial charge in [-0.15, -0.1) is 0 Å². The van der Waals surface area contributed by atoms with Crippen molar-refractivity contribution in [2.75, 3.05) is 39.6 Å². The molecular formula is C77H150O17P2. The van der Waals surface area contributed by atoms with Gasteiger partial charge < -0.3 is 33.8 Å². The maximum atomic E-state index is 13.1. The van der Waals surface area contributed by atoms with Crippen LogP contribution in [0.4, 0.5) is 0 Å². The minimum absolute atomic E-state index is 0.107. The van der Waals surface area contributed by atoms with Crippen molar-refractivity contribution in [3.8, 4) is 0 Å². The highest BCUT2D eigenvalue weighted by atomic mass is 31.2. The Morgan fingerprint density at radius 1 is 0.281 bits per heavy atom. The Kier molecular flexibility index (Phi) is 68.7. The molecule has 0 saturated carbocycles. The minimum atomic E-state index is -4.96. The van der Waals surface area contributed by atoms with E-state index in [2.05, 4.69) is 34.6 Å². The van der Waals surface area contributed by atoms with Crippen LogP contribution in [-0.4, -0.2) is 96.7 Å². The third kappa shape index (κ3) is 70.5. The van der Waals surface area contributed by atoms with Gasteiger partial charge in [-0.05, 0) is 31.6 Å². The zero-order valence-corrected chi connectivity index (χ0v) is 64.3. The first-order valence-corrected chi connectivity index (χ1v) is 43.1. The van der Waals surface area contributed by atoms with Gasteiger partial charge in [0.05, 0.1) is 26.4 Å². The van der Waals surface area contributed by atoms with E-state index in [0.29, 0.717) is 31.6 Å². The fourth-order valence-electron chi connectivity index (χ4n) is 11.9. The lowest BCUT2D eigenvalue weighted by molar-refractivity contribution is -0.161. The van der Waals surface area contributed by atoms with E-state index in [-0.39, 0.29) is 25.7 Å². The molecule has 0 aromatic carbocycles. The number of aliphatic hydroxyl groups is 1. The Hall–Kier alpha value is -1.94. The Morgan fingerprint density at radius 2 is 0.479 bits per heavy atom. The van der Waals surface area contributed by atoms with Gasteiger partial charge in [-0.2, -0.15) is 0 Å². The summed E-state index contributed by atoms with van der Waals surface area (Å²) in [5.74, 6) is -1.41. The normalized spacial score (nSPS) is 13.9. The van der Waals surface area contributed by atoms with Crippen LogP contribution in [0.2, 0.25) is 0 Å². The zero-order valence-electron chi connectivity index (χ0n) is 62.5. The number of aliphatic hydroxyl groups excluding tert-OH is 1. The summed E-state index contributed by atoms with van der Waals surface area (Å²) < 4.78 is 68.5. The highest BCUT2D eigenvalue weighted by Crippen LogP contribution is 2.45. The molecule has 17 nitrogen and oxygen atoms in total. The number of phosphoric acid groups is 2. The van der Waals surface area contributed by atoms with E-state index in [0.717, 1.165) is 96.3 Å². The van der Waals surface area contributed by atoms with Crippen LogP contribution in [-0.2, 0) is 65.4 Å². The highest BCUT2D eigenvalue weighted by Gasteiger charge is 2.30. The standard InChI is InChI=1S/C77H150O17P2/c1-6-9-12-15-18-21-24-27-28-29-30-31-32-33-34-36-39-42-47-53-58-63-77(82)93-72(66-87-74(79)60-55-50-45-40-38-35-25-22-19-16-13-10-7-2)68-91-95(83,84)89-64-71(78)65-90-96(85,86)92-69-73(67-88-75(80)61-56-51-48-43-44-49-54-59-70(4)5)94-76(81)62-57-52-46-41-37-26-23-20-17-14-11-8-3/h70-73,78H,6-69H2,1-5H3,(H,83,84)(H,85,86)/t71-,72-,73-/m1/s1. The SMILES string of the molecule is CCCCCCCCCCCCCCCCCCCCCCCC(=O)O[C@H](COC(=O)CCCCCCCCCCCCCCC)COP(=O)(O)OC[C@@H](O)COP(=O)(O)OC[C@@H](COC(=O)CCCCCCCCCC(C)C)OC(=O)CCCCCCCCCCCCCC. The molecule has 0 aromatic heterocycles. The van der Waals surface area contributed by atoms with E-state index in [1.807, 2.05) is 0 Å². The van der Waals surface area contributed by atoms with Crippen LogP contribution in [0.5, 0.6) is 0 Å². The summed E-state index contributed by atoms with van der Waals surface area (Å²) in [7, 11) is -9.91. The molecule has 0 bridgehead atoms. The molecule has 3 N–H and O–H groups in total. The van der Waals surface area contributed by atoms with Gasteiger partial charge in [0, 0.05) is 25.7 Å². The monoisotopic (exact) mass is 1410 g/mol. The van der Waals surface area contributed by atoms with Crippen molar-refractivity contribution in [3.63, 3.8) is 0 Å². The van der Waals surface area contributed by atoms with Crippen LogP contribution >= 0.6 is 15.6 Å². The van der Waals surface area contributed by atoms with Gasteiger partial charge in [0.1, 0.15) is 19.3 Å². The van der Waals surface area contributed by atoms with Crippen molar-refractivity contribution in [1.29, 1.82) is 0 Å². The van der Waals surface area contributed by atoms with Crippen molar-refractivity contribution in [1.82, 2.24) is 0 Å². The van der Waals surface area contributed by atoms with Crippen molar-refractivity contribution < 1.29 is 80.2 Å². The fraction of sp³-hybridized carbons (Fsp3) is 0.948. The van der Waals surface area contributed by atoms with Gasteiger partial charge in [0.2, 0.25) is 0 Å². The van der Waals surface area contributed by atoms with Crippen molar-refractivity contribution >= 4 is 39.5 Å². The van der Waals surface area contributed by atoms with Gasteiger partial charge >= 0.3 is 39.5 Å². The number of phosphoric ester groups is 2. The Labute approximate surface area is 588 Å². The smallest absolute Gasteiger partial charge is 0.462 e. The minimum Gasteiger partial charge on any atom is -0.462 e. The highest BCUT2D eigenvalue weighted by molar-refractivity contribution is 7.47. The first-order chi connectivity index (χ1) is 46.5. The van der Waals surface area contributed by atoms with Crippen LogP contribution < -0.4 is 0 Å². The number of hydrogen-bond acceptors (Lipinski definition) is 15. The Bertz CT molecular complexity index is 1840. The molecule has 96 heavy (non-hydrogen) atoms. The number of rotatable bonds is 77. The van der Waals surface area contributed by atoms with Crippen molar-refractivity contribution in [3.05, 3.63) is 0 Å². The third-order valence-corrected chi connectivity index (χ3v) is 19.9. The molecule has 2 unspecified atom stereocenters. The number of unbranched alkanes of at least 4 members (excludes halogenated alkanes) is 49. The number of carbonyl (C=O) groups excluding carboxylic acids is 4. The number of esters is 4. The van der Waals surface area contributed by atoms with Gasteiger partial charge in [-0.1, -0.05) is 356 Å². The predicted molar refractivity (Wildman–Crippen MR) is 391 cm³/mol. The molecule has 0 rings (SSSR count). The molecule has 0 aliphatic heterocycles. The summed E-state index contributed by atoms with van der Waals surface area (Å²) in [5.41, 5.74) is 0. The quantitative estimate of drug-likeness (QED) is 0.0222. The Morgan fingerprint density at radius 3 is 0.708 bits per heavy atom. The van der Waals surface area contributed by atoms with Gasteiger partial charge in [0.25, 0.3) is 0 Å². The third-order valence-electron chi connectivity index (χ3n) is 18.0. The second kappa shape index (κ2) is 70.1. The summed E-state index contributed by atoms with van der Waals surface area (Å²) in [5, 5.41) is 10.6. The molecule has 0 spiro atoms. The first kappa shape index (κ1) is 94.1. The molecule has 0 saturated heterocycles. The molecule has 0 amide bonds. The summed E-state index contributed by atoms with van der Waals surface area (Å²) in [6.45, 7) is 7.24. The molecule has 0 aliphatic carbocycles. The van der Waals surface area contributed by atoms with Crippen LogP contribution in [0.1, 0.15) is 407 Å². The molecule has 0 aromatic rings. The van der Waals surface area contributed by atoms with E-state index in [9.17, 15) is 43.2 Å². The van der Waals surface area contributed by atoms with E-state index in [1.54, 1.807) is 0 Å². The molecule has 0 fully saturated rings. The maximum absolute atomic E-state index is 13.1. The summed E-state index contributed by atoms with van der Waals surface area (Å²) >= 11 is 0. The first-order valence-electron chi connectivity index (χ1n) is 40.1. The average molecular weight is 1410 g/mol. The summed E-state index contributed by atoms with van der Waals surface area (Å²) in [6.07, 6.45) is 59.8. The second-order valence-electron chi connectivity index (χ2n) is 28.2. The lowest BCUT2D eigenvalue weighted by atomic mass is 10.0. The van der Waals surface area contributed by atoms with E-state index >= 15 is 0 Å². The van der Waals surface area contributed by atoms with Crippen LogP contribution in [0.15, 0.2) is 0 Å². The predicted octanol–water partition coefficient (Wildman–Crippen LogP) is 22.9. The zero-order chi connectivity index (χ0) is 70.5. The maximum Gasteiger partial charge on any atom is 0.472 e. The number of carbonyl (C=O) groups is 4. The summed E-state index contributed by atoms with van der Waals surface area (Å²) in [6, 6.07) is 0. The molecule has 0 heterocycles. The Balaban J connectivity index is 5.19. The van der Waals surface area contributed by atoms with Gasteiger partial charge in [-0.3, -0.25) is 37.3 Å². The number of ether oxygens (including phenoxy) is 4. The lowest BCUT2D eigenvalue weighted by Crippen LogP contribution is -2.30. The molecule has 0 radical (unpaired) electrons. The fourth-order valence-corrected chi connectivity index (χ4v) is 13.5. The van der Waals surface area contributed by atoms with Crippen LogP contribution in [0.3, 0.4) is 0 Å². The average Bonchev–Trinajstić information content (AvgIpc) is 1.20. The molecular weight excluding hydrogens is 1260 g/mol. The van der Waals surface area contributed by atoms with E-state index in [4.69, 9.17) is 37.0 Å². The topological polar surface area (TPSA) is 237 Å². The van der Waals surface area contributed by atoms with Crippen molar-refractivity contribution in [2.45, 2.75) is 425 Å².